The normalized spacial score (nSPS) is 10.8. The third-order valence-electron chi connectivity index (χ3n) is 3.65. The third-order valence-corrected chi connectivity index (χ3v) is 3.65. The maximum atomic E-state index is 10.8. The highest BCUT2D eigenvalue weighted by Crippen LogP contribution is 2.23. The van der Waals surface area contributed by atoms with E-state index in [2.05, 4.69) is 14.1 Å². The molecule has 0 saturated heterocycles. The van der Waals surface area contributed by atoms with Crippen molar-refractivity contribution in [2.75, 3.05) is 53.2 Å². The van der Waals surface area contributed by atoms with Gasteiger partial charge in [0.2, 0.25) is 6.41 Å². The molecule has 23 heavy (non-hydrogen) atoms. The Labute approximate surface area is 144 Å². The summed E-state index contributed by atoms with van der Waals surface area (Å²) in [5.74, 6) is 0.694. The molecule has 1 aromatic carbocycles. The largest absolute Gasteiger partial charge is 1.00 e. The predicted octanol–water partition coefficient (Wildman–Crippen LogP) is -2.30. The van der Waals surface area contributed by atoms with E-state index in [0.29, 0.717) is 24.5 Å². The molecule has 0 aliphatic heterocycles. The first kappa shape index (κ1) is 21.5. The van der Waals surface area contributed by atoms with E-state index in [1.807, 2.05) is 18.2 Å². The van der Waals surface area contributed by atoms with Gasteiger partial charge in [0.25, 0.3) is 0 Å². The molecule has 7 heteroatoms. The highest BCUT2D eigenvalue weighted by Gasteiger charge is 2.17. The monoisotopic (exact) mass is 345 g/mol. The number of rotatable bonds is 10. The van der Waals surface area contributed by atoms with Gasteiger partial charge >= 0.3 is 0 Å². The quantitative estimate of drug-likeness (QED) is 0.284. The number of hydrogen-bond acceptors (Lipinski definition) is 4. The molecule has 3 N–H and O–H groups in total. The van der Waals surface area contributed by atoms with Crippen LogP contribution in [0.3, 0.4) is 0 Å². The summed E-state index contributed by atoms with van der Waals surface area (Å²) in [6.45, 7) is 2.85. The van der Waals surface area contributed by atoms with Crippen molar-refractivity contribution >= 4 is 12.1 Å². The van der Waals surface area contributed by atoms with E-state index >= 15 is 0 Å². The van der Waals surface area contributed by atoms with E-state index in [1.54, 1.807) is 12.0 Å². The molecule has 0 radical (unpaired) electrons. The Morgan fingerprint density at radius 1 is 1.35 bits per heavy atom. The number of methoxy groups -OCH3 is 1. The van der Waals surface area contributed by atoms with Crippen LogP contribution in [0.25, 0.3) is 0 Å². The fourth-order valence-electron chi connectivity index (χ4n) is 2.50. The molecule has 0 heterocycles. The highest BCUT2D eigenvalue weighted by molar-refractivity contribution is 5.54. The molecule has 6 nitrogen and oxygen atoms in total. The second-order valence-electron chi connectivity index (χ2n) is 6.11. The zero-order valence-electron chi connectivity index (χ0n) is 14.2. The van der Waals surface area contributed by atoms with Gasteiger partial charge in [-0.05, 0) is 18.2 Å². The van der Waals surface area contributed by atoms with Gasteiger partial charge in [-0.15, -0.1) is 0 Å². The van der Waals surface area contributed by atoms with Gasteiger partial charge in [-0.2, -0.15) is 0 Å². The number of halogens is 1. The fraction of sp³-hybridized carbons (Fsp3) is 0.562. The lowest BCUT2D eigenvalue weighted by atomic mass is 10.1. The highest BCUT2D eigenvalue weighted by atomic mass is 35.5. The molecule has 1 amide bonds. The number of aliphatic hydroxyl groups is 1. The van der Waals surface area contributed by atoms with Crippen LogP contribution in [0.4, 0.5) is 5.69 Å². The summed E-state index contributed by atoms with van der Waals surface area (Å²) in [7, 11) is 5.91. The Hall–Kier alpha value is -1.50. The minimum atomic E-state index is 0. The number of carbonyl (C=O) groups is 1. The minimum Gasteiger partial charge on any atom is -1.00 e. The Bertz CT molecular complexity index is 484. The van der Waals surface area contributed by atoms with Gasteiger partial charge in [0, 0.05) is 25.1 Å². The lowest BCUT2D eigenvalue weighted by molar-refractivity contribution is -0.903. The molecule has 0 aromatic heterocycles. The van der Waals surface area contributed by atoms with Crippen LogP contribution in [0.5, 0.6) is 5.75 Å². The van der Waals surface area contributed by atoms with E-state index in [4.69, 9.17) is 15.6 Å². The zero-order chi connectivity index (χ0) is 16.6. The molecular weight excluding hydrogens is 318 g/mol. The summed E-state index contributed by atoms with van der Waals surface area (Å²) in [5.41, 5.74) is 7.75. The van der Waals surface area contributed by atoms with Gasteiger partial charge in [-0.1, -0.05) is 0 Å². The van der Waals surface area contributed by atoms with Crippen LogP contribution in [0.15, 0.2) is 18.2 Å². The van der Waals surface area contributed by atoms with E-state index in [9.17, 15) is 4.79 Å². The van der Waals surface area contributed by atoms with Crippen LogP contribution in [0, 0.1) is 0 Å². The number of amides is 1. The van der Waals surface area contributed by atoms with Crippen LogP contribution >= 0.6 is 0 Å². The van der Waals surface area contributed by atoms with Gasteiger partial charge in [-0.3, -0.25) is 4.79 Å². The van der Waals surface area contributed by atoms with E-state index in [0.717, 1.165) is 36.0 Å². The number of quaternary nitrogens is 1. The maximum absolute atomic E-state index is 10.8. The molecule has 0 spiro atoms. The van der Waals surface area contributed by atoms with Gasteiger partial charge in [0.05, 0.1) is 40.0 Å². The second kappa shape index (κ2) is 10.3. The summed E-state index contributed by atoms with van der Waals surface area (Å²) in [5, 5.41) is 8.86. The molecule has 0 fully saturated rings. The number of nitrogens with two attached hydrogens (primary N) is 1. The Morgan fingerprint density at radius 2 is 2.04 bits per heavy atom. The van der Waals surface area contributed by atoms with Crippen molar-refractivity contribution in [1.82, 2.24) is 4.90 Å². The van der Waals surface area contributed by atoms with Crippen molar-refractivity contribution in [2.45, 2.75) is 13.0 Å². The first-order valence-electron chi connectivity index (χ1n) is 7.46. The standard InChI is InChI=1S/C16H28N3O3.ClH/c1-19(2,9-4-7-18(13-21)8-10-20)12-14-5-6-16(22-3)15(17)11-14;/h5-6,11,13,20H,4,7-10,12,17H2,1-3H3;1H/q+1;/p-1. The number of benzene rings is 1. The van der Waals surface area contributed by atoms with Gasteiger partial charge < -0.3 is 37.4 Å². The molecule has 0 atom stereocenters. The Morgan fingerprint density at radius 3 is 2.57 bits per heavy atom. The SMILES string of the molecule is COc1ccc(C[N+](C)(C)CCCN(C=O)CCO)cc1N.[Cl-]. The molecule has 1 aromatic rings. The van der Waals surface area contributed by atoms with Crippen molar-refractivity contribution in [1.29, 1.82) is 0 Å². The van der Waals surface area contributed by atoms with E-state index < -0.39 is 0 Å². The third kappa shape index (κ3) is 7.54. The number of nitrogens with zero attached hydrogens (tertiary/aromatic N) is 2. The maximum Gasteiger partial charge on any atom is 0.209 e. The fourth-order valence-corrected chi connectivity index (χ4v) is 2.50. The van der Waals surface area contributed by atoms with Crippen molar-refractivity contribution in [3.05, 3.63) is 23.8 Å². The Kier molecular flexibility index (Phi) is 9.64. The summed E-state index contributed by atoms with van der Waals surface area (Å²) in [6, 6.07) is 5.86. The van der Waals surface area contributed by atoms with E-state index in [-0.39, 0.29) is 19.0 Å². The summed E-state index contributed by atoms with van der Waals surface area (Å²) in [6.07, 6.45) is 1.68. The average Bonchev–Trinajstić information content (AvgIpc) is 2.46. The number of aliphatic hydroxyl groups excluding tert-OH is 1. The van der Waals surface area contributed by atoms with Crippen LogP contribution in [-0.4, -0.2) is 68.3 Å². The molecule has 0 unspecified atom stereocenters. The van der Waals surface area contributed by atoms with Crippen LogP contribution < -0.4 is 22.9 Å². The summed E-state index contributed by atoms with van der Waals surface area (Å²) >= 11 is 0. The van der Waals surface area contributed by atoms with Gasteiger partial charge in [0.1, 0.15) is 12.3 Å². The van der Waals surface area contributed by atoms with Crippen molar-refractivity contribution in [3.8, 4) is 5.75 Å². The molecule has 0 aliphatic rings. The smallest absolute Gasteiger partial charge is 0.209 e. The predicted molar refractivity (Wildman–Crippen MR) is 87.4 cm³/mol. The summed E-state index contributed by atoms with van der Waals surface area (Å²) in [4.78, 5) is 12.4. The lowest BCUT2D eigenvalue weighted by Crippen LogP contribution is -3.00. The van der Waals surface area contributed by atoms with Crippen molar-refractivity contribution in [2.24, 2.45) is 0 Å². The lowest BCUT2D eigenvalue weighted by Gasteiger charge is -2.31. The number of hydrogen-bond donors (Lipinski definition) is 2. The topological polar surface area (TPSA) is 75.8 Å². The number of anilines is 1. The summed E-state index contributed by atoms with van der Waals surface area (Å²) < 4.78 is 5.97. The minimum absolute atomic E-state index is 0. The first-order valence-corrected chi connectivity index (χ1v) is 7.46. The number of ether oxygens (including phenoxy) is 1. The van der Waals surface area contributed by atoms with Crippen molar-refractivity contribution in [3.63, 3.8) is 0 Å². The molecule has 0 bridgehead atoms. The molecular formula is C16H28ClN3O3. The van der Waals surface area contributed by atoms with Crippen LogP contribution in [-0.2, 0) is 11.3 Å². The van der Waals surface area contributed by atoms with Gasteiger partial charge in [-0.25, -0.2) is 0 Å². The second-order valence-corrected chi connectivity index (χ2v) is 6.11. The number of carbonyl (C=O) groups excluding carboxylic acids is 1. The van der Waals surface area contributed by atoms with E-state index in [1.165, 1.54) is 0 Å². The van der Waals surface area contributed by atoms with Crippen molar-refractivity contribution < 1.29 is 31.5 Å². The zero-order valence-corrected chi connectivity index (χ0v) is 14.9. The van der Waals surface area contributed by atoms with Crippen LogP contribution in [0.1, 0.15) is 12.0 Å². The first-order chi connectivity index (χ1) is 10.4. The average molecular weight is 346 g/mol. The van der Waals surface area contributed by atoms with Crippen LogP contribution in [0.2, 0.25) is 0 Å². The molecule has 0 aliphatic carbocycles. The van der Waals surface area contributed by atoms with Gasteiger partial charge in [0.15, 0.2) is 0 Å². The number of nitrogen functional groups attached to an aromatic ring is 1. The molecule has 1 rings (SSSR count). The molecule has 0 saturated carbocycles. The molecule has 132 valence electrons. The Balaban J connectivity index is 0.00000484.